The van der Waals surface area contributed by atoms with E-state index in [1.807, 2.05) is 13.8 Å². The second kappa shape index (κ2) is 6.98. The Morgan fingerprint density at radius 2 is 2.05 bits per heavy atom. The molecule has 1 saturated heterocycles. The maximum absolute atomic E-state index is 12.7. The lowest BCUT2D eigenvalue weighted by Gasteiger charge is -2.24. The van der Waals surface area contributed by atoms with Crippen LogP contribution in [0.2, 0.25) is 5.02 Å². The molecule has 1 fully saturated rings. The van der Waals surface area contributed by atoms with Crippen molar-refractivity contribution in [3.63, 3.8) is 0 Å². The van der Waals surface area contributed by atoms with Crippen LogP contribution in [-0.2, 0) is 14.8 Å². The Balaban J connectivity index is 2.22. The number of amides is 1. The largest absolute Gasteiger partial charge is 0.352 e. The van der Waals surface area contributed by atoms with Crippen molar-refractivity contribution in [2.24, 2.45) is 0 Å². The number of carbonyl (C=O) groups excluding carboxylic acids is 1. The Bertz CT molecular complexity index is 631. The molecule has 7 heteroatoms. The third-order valence-corrected chi connectivity index (χ3v) is 6.10. The van der Waals surface area contributed by atoms with Crippen molar-refractivity contribution >= 4 is 27.5 Å². The summed E-state index contributed by atoms with van der Waals surface area (Å²) < 4.78 is 26.7. The highest BCUT2D eigenvalue weighted by Crippen LogP contribution is 2.27. The van der Waals surface area contributed by atoms with E-state index in [0.29, 0.717) is 24.4 Å². The lowest BCUT2D eigenvalue weighted by molar-refractivity contribution is -0.124. The fourth-order valence-electron chi connectivity index (χ4n) is 2.47. The average Bonchev–Trinajstić information content (AvgIpc) is 2.97. The van der Waals surface area contributed by atoms with Crippen LogP contribution >= 0.6 is 11.6 Å². The van der Waals surface area contributed by atoms with E-state index in [1.165, 1.54) is 16.4 Å². The van der Waals surface area contributed by atoms with Crippen LogP contribution < -0.4 is 5.32 Å². The molecule has 22 heavy (non-hydrogen) atoms. The topological polar surface area (TPSA) is 66.5 Å². The molecule has 0 bridgehead atoms. The smallest absolute Gasteiger partial charge is 0.243 e. The van der Waals surface area contributed by atoms with Gasteiger partial charge in [0.15, 0.2) is 0 Å². The van der Waals surface area contributed by atoms with Gasteiger partial charge in [0, 0.05) is 17.6 Å². The first-order chi connectivity index (χ1) is 10.4. The number of rotatable bonds is 5. The van der Waals surface area contributed by atoms with Crippen molar-refractivity contribution in [2.75, 3.05) is 6.54 Å². The van der Waals surface area contributed by atoms with Gasteiger partial charge in [-0.1, -0.05) is 18.5 Å². The van der Waals surface area contributed by atoms with Gasteiger partial charge in [0.1, 0.15) is 6.04 Å². The highest BCUT2D eigenvalue weighted by atomic mass is 35.5. The van der Waals surface area contributed by atoms with E-state index in [9.17, 15) is 13.2 Å². The standard InChI is InChI=1S/C15H21ClN2O3S/c1-3-11(2)17-15(19)14-5-4-10-18(14)22(20,21)13-8-6-12(16)7-9-13/h6-9,11,14H,3-5,10H2,1-2H3,(H,17,19)/t11-,14-/m1/s1. The van der Waals surface area contributed by atoms with Gasteiger partial charge in [0.05, 0.1) is 4.90 Å². The lowest BCUT2D eigenvalue weighted by atomic mass is 10.2. The van der Waals surface area contributed by atoms with Crippen molar-refractivity contribution in [1.82, 2.24) is 9.62 Å². The van der Waals surface area contributed by atoms with Crippen molar-refractivity contribution in [1.29, 1.82) is 0 Å². The van der Waals surface area contributed by atoms with Crippen LogP contribution in [0, 0.1) is 0 Å². The second-order valence-corrected chi connectivity index (χ2v) is 7.87. The van der Waals surface area contributed by atoms with Gasteiger partial charge in [-0.25, -0.2) is 8.42 Å². The minimum atomic E-state index is -3.68. The SMILES string of the molecule is CC[C@@H](C)NC(=O)[C@H]1CCCN1S(=O)(=O)c1ccc(Cl)cc1. The quantitative estimate of drug-likeness (QED) is 0.892. The minimum absolute atomic E-state index is 0.0354. The zero-order valence-electron chi connectivity index (χ0n) is 12.8. The first-order valence-corrected chi connectivity index (χ1v) is 9.26. The molecule has 0 spiro atoms. The summed E-state index contributed by atoms with van der Waals surface area (Å²) in [6.45, 7) is 4.25. The Kier molecular flexibility index (Phi) is 5.47. The molecule has 1 aliphatic heterocycles. The van der Waals surface area contributed by atoms with Gasteiger partial charge in [0.2, 0.25) is 15.9 Å². The Labute approximate surface area is 136 Å². The summed E-state index contributed by atoms with van der Waals surface area (Å²) in [7, 11) is -3.68. The Hall–Kier alpha value is -1.11. The van der Waals surface area contributed by atoms with Gasteiger partial charge < -0.3 is 5.32 Å². The summed E-state index contributed by atoms with van der Waals surface area (Å²) in [5.74, 6) is -0.218. The van der Waals surface area contributed by atoms with Crippen LogP contribution in [0.5, 0.6) is 0 Å². The van der Waals surface area contributed by atoms with E-state index in [-0.39, 0.29) is 16.8 Å². The predicted octanol–water partition coefficient (Wildman–Crippen LogP) is 2.41. The molecule has 2 rings (SSSR count). The molecule has 1 aromatic rings. The van der Waals surface area contributed by atoms with Crippen LogP contribution in [0.4, 0.5) is 0 Å². The number of nitrogens with one attached hydrogen (secondary N) is 1. The first-order valence-electron chi connectivity index (χ1n) is 7.44. The third-order valence-electron chi connectivity index (χ3n) is 3.93. The summed E-state index contributed by atoms with van der Waals surface area (Å²) in [6.07, 6.45) is 2.04. The van der Waals surface area contributed by atoms with E-state index in [1.54, 1.807) is 12.1 Å². The number of hydrogen-bond acceptors (Lipinski definition) is 3. The van der Waals surface area contributed by atoms with Crippen LogP contribution in [0.3, 0.4) is 0 Å². The fourth-order valence-corrected chi connectivity index (χ4v) is 4.26. The number of halogens is 1. The Morgan fingerprint density at radius 1 is 1.41 bits per heavy atom. The molecular weight excluding hydrogens is 324 g/mol. The number of carbonyl (C=O) groups is 1. The van der Waals surface area contributed by atoms with Gasteiger partial charge in [0.25, 0.3) is 0 Å². The minimum Gasteiger partial charge on any atom is -0.352 e. The molecule has 1 amide bonds. The van der Waals surface area contributed by atoms with Crippen LogP contribution in [0.15, 0.2) is 29.2 Å². The van der Waals surface area contributed by atoms with Crippen molar-refractivity contribution in [2.45, 2.75) is 50.1 Å². The summed E-state index contributed by atoms with van der Waals surface area (Å²) in [6, 6.07) is 5.43. The number of benzene rings is 1. The van der Waals surface area contributed by atoms with E-state index in [0.717, 1.165) is 6.42 Å². The normalized spacial score (nSPS) is 20.8. The maximum atomic E-state index is 12.7. The predicted molar refractivity (Wildman–Crippen MR) is 86.3 cm³/mol. The maximum Gasteiger partial charge on any atom is 0.243 e. The second-order valence-electron chi connectivity index (χ2n) is 5.55. The number of hydrogen-bond donors (Lipinski definition) is 1. The third kappa shape index (κ3) is 3.62. The highest BCUT2D eigenvalue weighted by molar-refractivity contribution is 7.89. The van der Waals surface area contributed by atoms with Crippen LogP contribution in [0.1, 0.15) is 33.1 Å². The fraction of sp³-hybridized carbons (Fsp3) is 0.533. The molecule has 0 unspecified atom stereocenters. The molecule has 0 saturated carbocycles. The molecule has 0 aromatic heterocycles. The molecule has 0 aliphatic carbocycles. The zero-order chi connectivity index (χ0) is 16.3. The molecule has 1 aromatic carbocycles. The molecular formula is C15H21ClN2O3S. The molecule has 2 atom stereocenters. The van der Waals surface area contributed by atoms with E-state index >= 15 is 0 Å². The highest BCUT2D eigenvalue weighted by Gasteiger charge is 2.39. The van der Waals surface area contributed by atoms with E-state index < -0.39 is 16.1 Å². The van der Waals surface area contributed by atoms with E-state index in [2.05, 4.69) is 5.32 Å². The van der Waals surface area contributed by atoms with Crippen molar-refractivity contribution < 1.29 is 13.2 Å². The van der Waals surface area contributed by atoms with Crippen molar-refractivity contribution in [3.8, 4) is 0 Å². The summed E-state index contributed by atoms with van der Waals surface area (Å²) in [5.41, 5.74) is 0. The number of sulfonamides is 1. The van der Waals surface area contributed by atoms with Gasteiger partial charge in [-0.05, 0) is 50.5 Å². The molecule has 5 nitrogen and oxygen atoms in total. The summed E-state index contributed by atoms with van der Waals surface area (Å²) in [5, 5.41) is 3.35. The zero-order valence-corrected chi connectivity index (χ0v) is 14.3. The molecule has 1 heterocycles. The van der Waals surface area contributed by atoms with Gasteiger partial charge >= 0.3 is 0 Å². The lowest BCUT2D eigenvalue weighted by Crippen LogP contribution is -2.48. The molecule has 1 N–H and O–H groups in total. The first kappa shape index (κ1) is 17.2. The average molecular weight is 345 g/mol. The van der Waals surface area contributed by atoms with Gasteiger partial charge in [-0.2, -0.15) is 4.31 Å². The Morgan fingerprint density at radius 3 is 2.64 bits per heavy atom. The van der Waals surface area contributed by atoms with E-state index in [4.69, 9.17) is 11.6 Å². The summed E-state index contributed by atoms with van der Waals surface area (Å²) in [4.78, 5) is 12.5. The molecule has 122 valence electrons. The summed E-state index contributed by atoms with van der Waals surface area (Å²) >= 11 is 5.80. The van der Waals surface area contributed by atoms with Gasteiger partial charge in [-0.3, -0.25) is 4.79 Å². The van der Waals surface area contributed by atoms with Crippen molar-refractivity contribution in [3.05, 3.63) is 29.3 Å². The molecule has 0 radical (unpaired) electrons. The molecule has 1 aliphatic rings. The number of nitrogens with zero attached hydrogens (tertiary/aromatic N) is 1. The van der Waals surface area contributed by atoms with Gasteiger partial charge in [-0.15, -0.1) is 0 Å². The van der Waals surface area contributed by atoms with Crippen LogP contribution in [-0.4, -0.2) is 37.3 Å². The monoisotopic (exact) mass is 344 g/mol. The van der Waals surface area contributed by atoms with Crippen LogP contribution in [0.25, 0.3) is 0 Å².